The predicted octanol–water partition coefficient (Wildman–Crippen LogP) is 3.88. The van der Waals surface area contributed by atoms with Crippen LogP contribution in [0.1, 0.15) is 71.6 Å². The molecule has 1 nitrogen and oxygen atoms in total. The number of nitrogens with one attached hydrogen (secondary N) is 1. The van der Waals surface area contributed by atoms with Gasteiger partial charge in [0.25, 0.3) is 0 Å². The van der Waals surface area contributed by atoms with E-state index in [1.807, 2.05) is 0 Å². The van der Waals surface area contributed by atoms with E-state index in [9.17, 15) is 0 Å². The molecule has 1 rings (SSSR count). The van der Waals surface area contributed by atoms with Gasteiger partial charge in [0, 0.05) is 12.1 Å². The average Bonchev–Trinajstić information content (AvgIpc) is 2.45. The van der Waals surface area contributed by atoms with Crippen molar-refractivity contribution in [2.24, 2.45) is 0 Å². The maximum Gasteiger partial charge on any atom is 0.00696 e. The molecule has 1 fully saturated rings. The maximum absolute atomic E-state index is 3.85. The van der Waals surface area contributed by atoms with Crippen LogP contribution in [0.2, 0.25) is 0 Å². The summed E-state index contributed by atoms with van der Waals surface area (Å²) in [6.07, 6.45) is 12.6. The molecule has 0 aliphatic heterocycles. The van der Waals surface area contributed by atoms with E-state index in [0.717, 1.165) is 12.1 Å². The molecule has 0 saturated heterocycles. The third-order valence-corrected chi connectivity index (χ3v) is 3.46. The number of rotatable bonds is 5. The molecule has 0 aromatic heterocycles. The molecule has 0 amide bonds. The summed E-state index contributed by atoms with van der Waals surface area (Å²) in [6.45, 7) is 4.60. The fourth-order valence-corrected chi connectivity index (χ4v) is 2.53. The van der Waals surface area contributed by atoms with Gasteiger partial charge in [0.2, 0.25) is 0 Å². The van der Waals surface area contributed by atoms with Gasteiger partial charge in [0.15, 0.2) is 0 Å². The van der Waals surface area contributed by atoms with Crippen LogP contribution in [0.15, 0.2) is 0 Å². The first kappa shape index (κ1) is 12.0. The number of hydrogen-bond donors (Lipinski definition) is 1. The standard InChI is InChI=1S/C13H27N/c1-3-9-12(4-2)14-13-10-7-5-6-8-11-13/h12-14H,3-11H2,1-2H3. The lowest BCUT2D eigenvalue weighted by molar-refractivity contribution is 0.368. The van der Waals surface area contributed by atoms with E-state index in [2.05, 4.69) is 19.2 Å². The van der Waals surface area contributed by atoms with Crippen LogP contribution >= 0.6 is 0 Å². The monoisotopic (exact) mass is 197 g/mol. The molecule has 84 valence electrons. The average molecular weight is 197 g/mol. The fourth-order valence-electron chi connectivity index (χ4n) is 2.53. The van der Waals surface area contributed by atoms with Crippen LogP contribution in [0.25, 0.3) is 0 Å². The molecular formula is C13H27N. The van der Waals surface area contributed by atoms with Crippen molar-refractivity contribution in [3.8, 4) is 0 Å². The Morgan fingerprint density at radius 2 is 1.71 bits per heavy atom. The zero-order chi connectivity index (χ0) is 10.2. The van der Waals surface area contributed by atoms with Gasteiger partial charge in [-0.3, -0.25) is 0 Å². The van der Waals surface area contributed by atoms with Crippen molar-refractivity contribution in [3.05, 3.63) is 0 Å². The van der Waals surface area contributed by atoms with E-state index in [-0.39, 0.29) is 0 Å². The zero-order valence-corrected chi connectivity index (χ0v) is 10.0. The van der Waals surface area contributed by atoms with Gasteiger partial charge in [-0.15, -0.1) is 0 Å². The highest BCUT2D eigenvalue weighted by Crippen LogP contribution is 2.18. The van der Waals surface area contributed by atoms with Gasteiger partial charge >= 0.3 is 0 Å². The second-order valence-corrected chi connectivity index (χ2v) is 4.75. The van der Waals surface area contributed by atoms with Crippen LogP contribution in [-0.4, -0.2) is 12.1 Å². The summed E-state index contributed by atoms with van der Waals surface area (Å²) in [5.41, 5.74) is 0. The van der Waals surface area contributed by atoms with E-state index in [0.29, 0.717) is 0 Å². The summed E-state index contributed by atoms with van der Waals surface area (Å²) in [6, 6.07) is 1.61. The molecule has 0 aromatic carbocycles. The minimum absolute atomic E-state index is 0.781. The lowest BCUT2D eigenvalue weighted by Crippen LogP contribution is -2.37. The van der Waals surface area contributed by atoms with Crippen LogP contribution in [-0.2, 0) is 0 Å². The molecule has 1 N–H and O–H groups in total. The van der Waals surface area contributed by atoms with Crippen molar-refractivity contribution < 1.29 is 0 Å². The summed E-state index contributed by atoms with van der Waals surface area (Å²) in [4.78, 5) is 0. The summed E-state index contributed by atoms with van der Waals surface area (Å²) in [5, 5.41) is 3.85. The Labute approximate surface area is 89.7 Å². The third-order valence-electron chi connectivity index (χ3n) is 3.46. The van der Waals surface area contributed by atoms with Gasteiger partial charge in [-0.2, -0.15) is 0 Å². The molecule has 1 aliphatic rings. The largest absolute Gasteiger partial charge is 0.311 e. The first-order valence-corrected chi connectivity index (χ1v) is 6.62. The van der Waals surface area contributed by atoms with Crippen LogP contribution < -0.4 is 5.32 Å². The van der Waals surface area contributed by atoms with Gasteiger partial charge < -0.3 is 5.32 Å². The van der Waals surface area contributed by atoms with Crippen molar-refractivity contribution in [1.82, 2.24) is 5.32 Å². The van der Waals surface area contributed by atoms with E-state index in [4.69, 9.17) is 0 Å². The van der Waals surface area contributed by atoms with E-state index < -0.39 is 0 Å². The van der Waals surface area contributed by atoms with E-state index in [1.54, 1.807) is 0 Å². The van der Waals surface area contributed by atoms with Crippen molar-refractivity contribution in [1.29, 1.82) is 0 Å². The maximum atomic E-state index is 3.85. The van der Waals surface area contributed by atoms with E-state index >= 15 is 0 Å². The van der Waals surface area contributed by atoms with Crippen LogP contribution in [0.4, 0.5) is 0 Å². The fraction of sp³-hybridized carbons (Fsp3) is 1.00. The minimum Gasteiger partial charge on any atom is -0.311 e. The highest BCUT2D eigenvalue weighted by molar-refractivity contribution is 4.75. The highest BCUT2D eigenvalue weighted by atomic mass is 14.9. The second-order valence-electron chi connectivity index (χ2n) is 4.75. The topological polar surface area (TPSA) is 12.0 Å². The summed E-state index contributed by atoms with van der Waals surface area (Å²) < 4.78 is 0. The summed E-state index contributed by atoms with van der Waals surface area (Å²) in [7, 11) is 0. The summed E-state index contributed by atoms with van der Waals surface area (Å²) >= 11 is 0. The molecule has 0 radical (unpaired) electrons. The predicted molar refractivity (Wildman–Crippen MR) is 63.6 cm³/mol. The Kier molecular flexibility index (Phi) is 6.25. The Balaban J connectivity index is 2.24. The van der Waals surface area contributed by atoms with Gasteiger partial charge in [-0.25, -0.2) is 0 Å². The highest BCUT2D eigenvalue weighted by Gasteiger charge is 2.14. The Morgan fingerprint density at radius 3 is 2.21 bits per heavy atom. The molecule has 0 bridgehead atoms. The zero-order valence-electron chi connectivity index (χ0n) is 10.0. The van der Waals surface area contributed by atoms with Crippen molar-refractivity contribution in [2.45, 2.75) is 83.7 Å². The van der Waals surface area contributed by atoms with Crippen LogP contribution in [0, 0.1) is 0 Å². The van der Waals surface area contributed by atoms with Crippen molar-refractivity contribution in [3.63, 3.8) is 0 Å². The smallest absolute Gasteiger partial charge is 0.00696 e. The first-order chi connectivity index (χ1) is 6.86. The molecular weight excluding hydrogens is 170 g/mol. The Morgan fingerprint density at radius 1 is 1.07 bits per heavy atom. The number of hydrogen-bond acceptors (Lipinski definition) is 1. The van der Waals surface area contributed by atoms with Crippen molar-refractivity contribution in [2.75, 3.05) is 0 Å². The van der Waals surface area contributed by atoms with Gasteiger partial charge in [0.1, 0.15) is 0 Å². The van der Waals surface area contributed by atoms with Crippen LogP contribution in [0.5, 0.6) is 0 Å². The van der Waals surface area contributed by atoms with Gasteiger partial charge in [0.05, 0.1) is 0 Å². The van der Waals surface area contributed by atoms with Gasteiger partial charge in [-0.1, -0.05) is 46.0 Å². The first-order valence-electron chi connectivity index (χ1n) is 6.62. The molecule has 1 atom stereocenters. The molecule has 14 heavy (non-hydrogen) atoms. The van der Waals surface area contributed by atoms with Crippen LogP contribution in [0.3, 0.4) is 0 Å². The Hall–Kier alpha value is -0.0400. The molecule has 1 saturated carbocycles. The SMILES string of the molecule is CCCC(CC)NC1CCCCCC1. The van der Waals surface area contributed by atoms with E-state index in [1.165, 1.54) is 57.8 Å². The third kappa shape index (κ3) is 4.45. The van der Waals surface area contributed by atoms with Gasteiger partial charge in [-0.05, 0) is 25.7 Å². The second kappa shape index (κ2) is 7.28. The quantitative estimate of drug-likeness (QED) is 0.660. The molecule has 0 spiro atoms. The summed E-state index contributed by atoms with van der Waals surface area (Å²) in [5.74, 6) is 0. The molecule has 0 heterocycles. The van der Waals surface area contributed by atoms with Crippen molar-refractivity contribution >= 4 is 0 Å². The molecule has 1 heteroatoms. The molecule has 1 aliphatic carbocycles. The molecule has 0 aromatic rings. The normalized spacial score (nSPS) is 21.9. The minimum atomic E-state index is 0.781. The lowest BCUT2D eigenvalue weighted by atomic mass is 10.0. The molecule has 1 unspecified atom stereocenters. The lowest BCUT2D eigenvalue weighted by Gasteiger charge is -2.23. The Bertz CT molecular complexity index is 125.